The minimum absolute atomic E-state index is 0.0708. The molecular formula is C21H35NO3. The Hall–Kier alpha value is -1.39. The SMILES string of the molecule is O=C(O)CNCCCCCCCCCCC[C@@H](CO)c1ccccc1. The van der Waals surface area contributed by atoms with Crippen molar-refractivity contribution in [3.05, 3.63) is 35.9 Å². The Morgan fingerprint density at radius 2 is 1.44 bits per heavy atom. The number of aliphatic hydroxyl groups is 1. The van der Waals surface area contributed by atoms with E-state index < -0.39 is 5.97 Å². The van der Waals surface area contributed by atoms with Gasteiger partial charge in [-0.1, -0.05) is 81.7 Å². The quantitative estimate of drug-likeness (QED) is 0.388. The van der Waals surface area contributed by atoms with Crippen LogP contribution in [-0.4, -0.2) is 35.9 Å². The van der Waals surface area contributed by atoms with Gasteiger partial charge in [-0.25, -0.2) is 0 Å². The van der Waals surface area contributed by atoms with E-state index in [2.05, 4.69) is 17.4 Å². The van der Waals surface area contributed by atoms with Gasteiger partial charge in [0.15, 0.2) is 0 Å². The lowest BCUT2D eigenvalue weighted by Crippen LogP contribution is -2.23. The average Bonchev–Trinajstić information content (AvgIpc) is 2.62. The molecular weight excluding hydrogens is 314 g/mol. The Morgan fingerprint density at radius 1 is 0.880 bits per heavy atom. The van der Waals surface area contributed by atoms with Crippen molar-refractivity contribution in [2.75, 3.05) is 19.7 Å². The molecule has 0 spiro atoms. The lowest BCUT2D eigenvalue weighted by atomic mass is 9.93. The molecule has 1 rings (SSSR count). The van der Waals surface area contributed by atoms with Crippen LogP contribution in [0.25, 0.3) is 0 Å². The van der Waals surface area contributed by atoms with Gasteiger partial charge in [-0.3, -0.25) is 4.79 Å². The molecule has 0 aliphatic heterocycles. The molecule has 0 aliphatic carbocycles. The largest absolute Gasteiger partial charge is 0.480 e. The fraction of sp³-hybridized carbons (Fsp3) is 0.667. The Morgan fingerprint density at radius 3 is 2.00 bits per heavy atom. The third-order valence-corrected chi connectivity index (χ3v) is 4.67. The molecule has 0 heterocycles. The number of unbranched alkanes of at least 4 members (excludes halogenated alkanes) is 8. The van der Waals surface area contributed by atoms with E-state index in [0.717, 1.165) is 19.4 Å². The first-order chi connectivity index (χ1) is 12.2. The summed E-state index contributed by atoms with van der Waals surface area (Å²) in [5.41, 5.74) is 1.25. The van der Waals surface area contributed by atoms with Gasteiger partial charge < -0.3 is 15.5 Å². The van der Waals surface area contributed by atoms with E-state index in [0.29, 0.717) is 0 Å². The predicted octanol–water partition coefficient (Wildman–Crippen LogP) is 4.34. The maximum atomic E-state index is 10.3. The fourth-order valence-corrected chi connectivity index (χ4v) is 3.16. The molecule has 1 aromatic rings. The highest BCUT2D eigenvalue weighted by atomic mass is 16.4. The molecule has 1 atom stereocenters. The summed E-state index contributed by atoms with van der Waals surface area (Å²) in [6.45, 7) is 1.12. The molecule has 3 N–H and O–H groups in total. The third kappa shape index (κ3) is 11.7. The number of aliphatic hydroxyl groups excluding tert-OH is 1. The Bertz CT molecular complexity index is 436. The van der Waals surface area contributed by atoms with Crippen molar-refractivity contribution in [3.8, 4) is 0 Å². The Balaban J connectivity index is 1.88. The van der Waals surface area contributed by atoms with Gasteiger partial charge in [0.25, 0.3) is 0 Å². The number of aliphatic carboxylic acids is 1. The van der Waals surface area contributed by atoms with Gasteiger partial charge in [-0.2, -0.15) is 0 Å². The molecule has 0 amide bonds. The van der Waals surface area contributed by atoms with Gasteiger partial charge in [-0.05, 0) is 24.9 Å². The topological polar surface area (TPSA) is 69.6 Å². The van der Waals surface area contributed by atoms with Crippen LogP contribution >= 0.6 is 0 Å². The van der Waals surface area contributed by atoms with E-state index in [1.807, 2.05) is 18.2 Å². The van der Waals surface area contributed by atoms with Crippen molar-refractivity contribution < 1.29 is 15.0 Å². The second kappa shape index (κ2) is 14.9. The molecule has 0 saturated heterocycles. The number of carboxylic acids is 1. The highest BCUT2D eigenvalue weighted by Gasteiger charge is 2.09. The minimum Gasteiger partial charge on any atom is -0.480 e. The van der Waals surface area contributed by atoms with Crippen LogP contribution in [0.1, 0.15) is 75.7 Å². The summed E-state index contributed by atoms with van der Waals surface area (Å²) < 4.78 is 0. The van der Waals surface area contributed by atoms with Gasteiger partial charge in [0, 0.05) is 12.5 Å². The number of nitrogens with one attached hydrogen (secondary N) is 1. The van der Waals surface area contributed by atoms with Crippen LogP contribution in [0.3, 0.4) is 0 Å². The summed E-state index contributed by atoms with van der Waals surface area (Å²) in [5.74, 6) is -0.495. The first-order valence-corrected chi connectivity index (χ1v) is 9.82. The average molecular weight is 350 g/mol. The van der Waals surface area contributed by atoms with Gasteiger partial charge in [0.2, 0.25) is 0 Å². The van der Waals surface area contributed by atoms with Crippen molar-refractivity contribution >= 4 is 5.97 Å². The number of benzene rings is 1. The standard InChI is InChI=1S/C21H35NO3/c23-18-20(19-13-10-8-11-14-19)15-9-6-4-2-1-3-5-7-12-16-22-17-21(24)25/h8,10-11,13-14,20,22-23H,1-7,9,12,15-18H2,(H,24,25)/t20-/m0/s1. The molecule has 0 radical (unpaired) electrons. The summed E-state index contributed by atoms with van der Waals surface area (Å²) >= 11 is 0. The highest BCUT2D eigenvalue weighted by molar-refractivity contribution is 5.68. The fourth-order valence-electron chi connectivity index (χ4n) is 3.16. The maximum Gasteiger partial charge on any atom is 0.317 e. The van der Waals surface area contributed by atoms with Gasteiger partial charge >= 0.3 is 5.97 Å². The van der Waals surface area contributed by atoms with Gasteiger partial charge in [0.1, 0.15) is 0 Å². The van der Waals surface area contributed by atoms with Crippen LogP contribution in [0.4, 0.5) is 0 Å². The zero-order valence-corrected chi connectivity index (χ0v) is 15.5. The van der Waals surface area contributed by atoms with Crippen LogP contribution in [-0.2, 0) is 4.79 Å². The number of hydrogen-bond donors (Lipinski definition) is 3. The monoisotopic (exact) mass is 349 g/mol. The molecule has 25 heavy (non-hydrogen) atoms. The molecule has 0 saturated carbocycles. The van der Waals surface area contributed by atoms with Crippen LogP contribution in [0.2, 0.25) is 0 Å². The lowest BCUT2D eigenvalue weighted by Gasteiger charge is -2.14. The maximum absolute atomic E-state index is 10.3. The molecule has 0 aliphatic rings. The third-order valence-electron chi connectivity index (χ3n) is 4.67. The van der Waals surface area contributed by atoms with E-state index in [9.17, 15) is 9.90 Å². The van der Waals surface area contributed by atoms with Crippen LogP contribution in [0.15, 0.2) is 30.3 Å². The van der Waals surface area contributed by atoms with Crippen molar-refractivity contribution in [1.29, 1.82) is 0 Å². The molecule has 142 valence electrons. The van der Waals surface area contributed by atoms with Crippen molar-refractivity contribution in [2.45, 2.75) is 70.1 Å². The number of carbonyl (C=O) groups is 1. The predicted molar refractivity (Wildman–Crippen MR) is 103 cm³/mol. The van der Waals surface area contributed by atoms with Crippen molar-refractivity contribution in [1.82, 2.24) is 5.32 Å². The molecule has 0 aromatic heterocycles. The van der Waals surface area contributed by atoms with Gasteiger partial charge in [-0.15, -0.1) is 0 Å². The molecule has 0 unspecified atom stereocenters. The summed E-state index contributed by atoms with van der Waals surface area (Å²) in [6.07, 6.45) is 12.2. The molecule has 4 heteroatoms. The zero-order valence-electron chi connectivity index (χ0n) is 15.5. The van der Waals surface area contributed by atoms with Crippen LogP contribution in [0.5, 0.6) is 0 Å². The summed E-state index contributed by atoms with van der Waals surface area (Å²) in [7, 11) is 0. The molecule has 0 bridgehead atoms. The van der Waals surface area contributed by atoms with E-state index in [-0.39, 0.29) is 19.1 Å². The Labute approximate surface area is 152 Å². The smallest absolute Gasteiger partial charge is 0.317 e. The molecule has 1 aromatic carbocycles. The second-order valence-electron chi connectivity index (χ2n) is 6.83. The molecule has 0 fully saturated rings. The summed E-state index contributed by atoms with van der Waals surface area (Å²) in [6, 6.07) is 10.3. The normalized spacial score (nSPS) is 12.2. The van der Waals surface area contributed by atoms with E-state index >= 15 is 0 Å². The van der Waals surface area contributed by atoms with Crippen molar-refractivity contribution in [3.63, 3.8) is 0 Å². The first kappa shape index (κ1) is 21.7. The van der Waals surface area contributed by atoms with Crippen LogP contribution < -0.4 is 5.32 Å². The lowest BCUT2D eigenvalue weighted by molar-refractivity contribution is -0.135. The summed E-state index contributed by atoms with van der Waals surface area (Å²) in [5, 5.41) is 21.0. The van der Waals surface area contributed by atoms with E-state index in [1.165, 1.54) is 56.9 Å². The minimum atomic E-state index is -0.783. The molecule has 4 nitrogen and oxygen atoms in total. The van der Waals surface area contributed by atoms with Crippen LogP contribution in [0, 0.1) is 0 Å². The highest BCUT2D eigenvalue weighted by Crippen LogP contribution is 2.22. The second-order valence-corrected chi connectivity index (χ2v) is 6.83. The Kier molecular flexibility index (Phi) is 12.9. The number of rotatable bonds is 16. The van der Waals surface area contributed by atoms with Crippen molar-refractivity contribution in [2.24, 2.45) is 0 Å². The van der Waals surface area contributed by atoms with Gasteiger partial charge in [0.05, 0.1) is 6.54 Å². The number of carboxylic acid groups (broad SMARTS) is 1. The number of hydrogen-bond acceptors (Lipinski definition) is 3. The first-order valence-electron chi connectivity index (χ1n) is 9.82. The zero-order chi connectivity index (χ0) is 18.2. The van der Waals surface area contributed by atoms with E-state index in [4.69, 9.17) is 5.11 Å². The van der Waals surface area contributed by atoms with E-state index in [1.54, 1.807) is 0 Å². The summed E-state index contributed by atoms with van der Waals surface area (Å²) in [4.78, 5) is 10.3.